The fraction of sp³-hybridized carbons (Fsp3) is 0.316. The number of amides is 1. The van der Waals surface area contributed by atoms with E-state index in [1.165, 1.54) is 17.3 Å². The summed E-state index contributed by atoms with van der Waals surface area (Å²) < 4.78 is 2.09. The second-order valence-electron chi connectivity index (χ2n) is 6.02. The zero-order valence-electron chi connectivity index (χ0n) is 14.9. The minimum atomic E-state index is 0.0243. The van der Waals surface area contributed by atoms with Gasteiger partial charge >= 0.3 is 0 Å². The van der Waals surface area contributed by atoms with E-state index >= 15 is 0 Å². The highest BCUT2D eigenvalue weighted by atomic mass is 32.2. The van der Waals surface area contributed by atoms with Gasteiger partial charge in [0, 0.05) is 6.04 Å². The number of aromatic nitrogens is 3. The maximum absolute atomic E-state index is 12.1. The molecule has 1 aromatic carbocycles. The largest absolute Gasteiger partial charge is 0.353 e. The second-order valence-corrected chi connectivity index (χ2v) is 7.91. The smallest absolute Gasteiger partial charge is 0.230 e. The Bertz CT molecular complexity index is 831. The normalized spacial score (nSPS) is 12.1. The molecule has 0 spiro atoms. The Morgan fingerprint density at radius 2 is 2.04 bits per heavy atom. The lowest BCUT2D eigenvalue weighted by Gasteiger charge is -2.12. The zero-order chi connectivity index (χ0) is 18.4. The van der Waals surface area contributed by atoms with Crippen LogP contribution in [0.4, 0.5) is 0 Å². The van der Waals surface area contributed by atoms with Crippen molar-refractivity contribution in [1.82, 2.24) is 20.1 Å². The molecule has 0 fully saturated rings. The van der Waals surface area contributed by atoms with E-state index in [9.17, 15) is 4.79 Å². The van der Waals surface area contributed by atoms with E-state index < -0.39 is 0 Å². The Morgan fingerprint density at radius 3 is 2.73 bits per heavy atom. The summed E-state index contributed by atoms with van der Waals surface area (Å²) in [4.78, 5) is 13.2. The average Bonchev–Trinajstić information content (AvgIpc) is 3.30. The van der Waals surface area contributed by atoms with Crippen molar-refractivity contribution in [2.45, 2.75) is 38.0 Å². The molecule has 3 aromatic rings. The molecular weight excluding hydrogens is 364 g/mol. The summed E-state index contributed by atoms with van der Waals surface area (Å²) >= 11 is 3.06. The van der Waals surface area contributed by atoms with Gasteiger partial charge in [0.15, 0.2) is 11.0 Å². The van der Waals surface area contributed by atoms with Crippen LogP contribution < -0.4 is 5.32 Å². The molecule has 0 aliphatic carbocycles. The minimum Gasteiger partial charge on any atom is -0.353 e. The van der Waals surface area contributed by atoms with Gasteiger partial charge in [0.2, 0.25) is 5.91 Å². The number of nitrogens with zero attached hydrogens (tertiary/aromatic N) is 3. The highest BCUT2D eigenvalue weighted by molar-refractivity contribution is 7.99. The molecule has 2 heterocycles. The molecule has 136 valence electrons. The van der Waals surface area contributed by atoms with Crippen LogP contribution in [0.15, 0.2) is 53.0 Å². The molecule has 3 rings (SSSR count). The summed E-state index contributed by atoms with van der Waals surface area (Å²) in [7, 11) is 0. The first-order chi connectivity index (χ1) is 12.7. The number of thioether (sulfide) groups is 1. The van der Waals surface area contributed by atoms with Crippen molar-refractivity contribution < 1.29 is 4.79 Å². The van der Waals surface area contributed by atoms with E-state index in [4.69, 9.17) is 0 Å². The maximum atomic E-state index is 12.1. The molecule has 0 aliphatic heterocycles. The summed E-state index contributed by atoms with van der Waals surface area (Å²) in [6.07, 6.45) is 0.920. The number of carbonyl (C=O) groups excluding carboxylic acids is 1. The molecule has 5 nitrogen and oxygen atoms in total. The predicted octanol–water partition coefficient (Wildman–Crippen LogP) is 4.06. The molecule has 0 bridgehead atoms. The third kappa shape index (κ3) is 4.74. The van der Waals surface area contributed by atoms with Crippen molar-refractivity contribution in [3.05, 3.63) is 53.4 Å². The van der Waals surface area contributed by atoms with Crippen LogP contribution in [0.1, 0.15) is 25.8 Å². The predicted molar refractivity (Wildman–Crippen MR) is 107 cm³/mol. The van der Waals surface area contributed by atoms with Crippen LogP contribution in [0.25, 0.3) is 10.7 Å². The average molecular weight is 387 g/mol. The minimum absolute atomic E-state index is 0.0243. The Hall–Kier alpha value is -2.12. The molecule has 1 atom stereocenters. The lowest BCUT2D eigenvalue weighted by atomic mass is 10.2. The Morgan fingerprint density at radius 1 is 1.23 bits per heavy atom. The summed E-state index contributed by atoms with van der Waals surface area (Å²) in [5, 5.41) is 14.5. The molecule has 1 amide bonds. The van der Waals surface area contributed by atoms with E-state index in [2.05, 4.69) is 39.1 Å². The van der Waals surface area contributed by atoms with Gasteiger partial charge < -0.3 is 5.32 Å². The Balaban J connectivity index is 1.80. The van der Waals surface area contributed by atoms with E-state index in [1.54, 1.807) is 11.3 Å². The van der Waals surface area contributed by atoms with Crippen LogP contribution in [0.5, 0.6) is 0 Å². The number of carbonyl (C=O) groups is 1. The Kier molecular flexibility index (Phi) is 6.46. The molecular formula is C19H22N4OS2. The van der Waals surface area contributed by atoms with Gasteiger partial charge in [-0.1, -0.05) is 55.1 Å². The van der Waals surface area contributed by atoms with Gasteiger partial charge in [-0.3, -0.25) is 9.36 Å². The van der Waals surface area contributed by atoms with E-state index in [-0.39, 0.29) is 11.9 Å². The van der Waals surface area contributed by atoms with Crippen molar-refractivity contribution in [1.29, 1.82) is 0 Å². The van der Waals surface area contributed by atoms with Crippen molar-refractivity contribution in [3.63, 3.8) is 0 Å². The highest BCUT2D eigenvalue weighted by Gasteiger charge is 2.17. The van der Waals surface area contributed by atoms with Gasteiger partial charge in [0.1, 0.15) is 0 Å². The fourth-order valence-corrected chi connectivity index (χ4v) is 3.91. The SMILES string of the molecule is CCC(C)NC(=O)CSc1nnc(-c2cccs2)n1Cc1ccccc1. The highest BCUT2D eigenvalue weighted by Crippen LogP contribution is 2.28. The van der Waals surface area contributed by atoms with Gasteiger partial charge in [-0.2, -0.15) is 0 Å². The monoisotopic (exact) mass is 386 g/mol. The summed E-state index contributed by atoms with van der Waals surface area (Å²) in [5.74, 6) is 1.20. The molecule has 1 unspecified atom stereocenters. The van der Waals surface area contributed by atoms with Gasteiger partial charge in [-0.25, -0.2) is 0 Å². The third-order valence-corrected chi connectivity index (χ3v) is 5.83. The van der Waals surface area contributed by atoms with Crippen molar-refractivity contribution in [3.8, 4) is 10.7 Å². The number of benzene rings is 1. The molecule has 0 saturated carbocycles. The van der Waals surface area contributed by atoms with Crippen LogP contribution in [-0.4, -0.2) is 32.5 Å². The topological polar surface area (TPSA) is 59.8 Å². The first-order valence-corrected chi connectivity index (χ1v) is 10.5. The standard InChI is InChI=1S/C19H22N4OS2/c1-3-14(2)20-17(24)13-26-19-22-21-18(16-10-7-11-25-16)23(19)12-15-8-5-4-6-9-15/h4-11,14H,3,12-13H2,1-2H3,(H,20,24). The van der Waals surface area contributed by atoms with Gasteiger partial charge in [0.25, 0.3) is 0 Å². The lowest BCUT2D eigenvalue weighted by molar-refractivity contribution is -0.119. The summed E-state index contributed by atoms with van der Waals surface area (Å²) in [6.45, 7) is 4.74. The van der Waals surface area contributed by atoms with Crippen LogP contribution in [0, 0.1) is 0 Å². The molecule has 0 aliphatic rings. The zero-order valence-corrected chi connectivity index (χ0v) is 16.5. The number of rotatable bonds is 8. The summed E-state index contributed by atoms with van der Waals surface area (Å²) in [5.41, 5.74) is 1.18. The van der Waals surface area contributed by atoms with E-state index in [1.807, 2.05) is 42.6 Å². The fourth-order valence-electron chi connectivity index (χ4n) is 2.44. The van der Waals surface area contributed by atoms with Gasteiger partial charge in [-0.05, 0) is 30.4 Å². The number of hydrogen-bond acceptors (Lipinski definition) is 5. The molecule has 2 aromatic heterocycles. The molecule has 0 radical (unpaired) electrons. The van der Waals surface area contributed by atoms with Gasteiger partial charge in [0.05, 0.1) is 17.2 Å². The summed E-state index contributed by atoms with van der Waals surface area (Å²) in [6, 6.07) is 14.5. The first kappa shape index (κ1) is 18.7. The number of nitrogens with one attached hydrogen (secondary N) is 1. The van der Waals surface area contributed by atoms with Crippen LogP contribution in [0.3, 0.4) is 0 Å². The lowest BCUT2D eigenvalue weighted by Crippen LogP contribution is -2.33. The van der Waals surface area contributed by atoms with Crippen LogP contribution in [0.2, 0.25) is 0 Å². The number of hydrogen-bond donors (Lipinski definition) is 1. The molecule has 0 saturated heterocycles. The van der Waals surface area contributed by atoms with Crippen molar-refractivity contribution in [2.75, 3.05) is 5.75 Å². The second kappa shape index (κ2) is 9.00. The van der Waals surface area contributed by atoms with E-state index in [0.29, 0.717) is 12.3 Å². The van der Waals surface area contributed by atoms with E-state index in [0.717, 1.165) is 22.3 Å². The van der Waals surface area contributed by atoms with Crippen LogP contribution >= 0.6 is 23.1 Å². The molecule has 26 heavy (non-hydrogen) atoms. The first-order valence-electron chi connectivity index (χ1n) is 8.60. The van der Waals surface area contributed by atoms with Crippen LogP contribution in [-0.2, 0) is 11.3 Å². The molecule has 1 N–H and O–H groups in total. The molecule has 7 heteroatoms. The third-order valence-electron chi connectivity index (χ3n) is 3.99. The van der Waals surface area contributed by atoms with Gasteiger partial charge in [-0.15, -0.1) is 21.5 Å². The quantitative estimate of drug-likeness (QED) is 0.593. The Labute approximate surface area is 161 Å². The maximum Gasteiger partial charge on any atom is 0.230 e. The number of thiophene rings is 1. The van der Waals surface area contributed by atoms with Crippen molar-refractivity contribution in [2.24, 2.45) is 0 Å². The van der Waals surface area contributed by atoms with Crippen molar-refractivity contribution >= 4 is 29.0 Å².